The second-order valence-corrected chi connectivity index (χ2v) is 3.70. The summed E-state index contributed by atoms with van der Waals surface area (Å²) in [5.74, 6) is 5.43. The van der Waals surface area contributed by atoms with Crippen LogP contribution < -0.4 is 11.3 Å². The van der Waals surface area contributed by atoms with Crippen molar-refractivity contribution in [3.63, 3.8) is 0 Å². The van der Waals surface area contributed by atoms with Crippen molar-refractivity contribution in [2.24, 2.45) is 5.84 Å². The molecule has 3 N–H and O–H groups in total. The first-order valence-corrected chi connectivity index (χ1v) is 4.60. The van der Waals surface area contributed by atoms with Crippen molar-refractivity contribution in [3.05, 3.63) is 34.4 Å². The Bertz CT molecular complexity index is 282. The molecule has 2 nitrogen and oxygen atoms in total. The molecule has 0 heterocycles. The van der Waals surface area contributed by atoms with E-state index in [2.05, 4.69) is 45.3 Å². The van der Waals surface area contributed by atoms with Crippen LogP contribution in [-0.2, 0) is 0 Å². The van der Waals surface area contributed by atoms with Gasteiger partial charge in [0.1, 0.15) is 0 Å². The first-order chi connectivity index (χ1) is 6.06. The van der Waals surface area contributed by atoms with E-state index in [0.29, 0.717) is 0 Å². The third-order valence-corrected chi connectivity index (χ3v) is 2.42. The van der Waals surface area contributed by atoms with Gasteiger partial charge in [-0.15, -0.1) is 0 Å². The lowest BCUT2D eigenvalue weighted by Gasteiger charge is -2.17. The van der Waals surface area contributed by atoms with Gasteiger partial charge in [0.2, 0.25) is 0 Å². The molecule has 1 aromatic carbocycles. The molecule has 1 atom stereocenters. The minimum Gasteiger partial charge on any atom is -0.271 e. The van der Waals surface area contributed by atoms with E-state index in [9.17, 15) is 0 Å². The first kappa shape index (κ1) is 10.2. The van der Waals surface area contributed by atoms with Gasteiger partial charge in [-0.05, 0) is 44.4 Å². The minimum absolute atomic E-state index is 0.223. The van der Waals surface area contributed by atoms with E-state index in [4.69, 9.17) is 5.84 Å². The second-order valence-electron chi connectivity index (χ2n) is 3.70. The molecule has 2 heteroatoms. The smallest absolute Gasteiger partial charge is 0.0437 e. The van der Waals surface area contributed by atoms with Crippen LogP contribution in [0, 0.1) is 20.8 Å². The largest absolute Gasteiger partial charge is 0.271 e. The molecule has 1 unspecified atom stereocenters. The zero-order valence-electron chi connectivity index (χ0n) is 8.81. The van der Waals surface area contributed by atoms with Crippen LogP contribution in [0.2, 0.25) is 0 Å². The van der Waals surface area contributed by atoms with Crippen LogP contribution in [-0.4, -0.2) is 0 Å². The first-order valence-electron chi connectivity index (χ1n) is 4.60. The average molecular weight is 178 g/mol. The monoisotopic (exact) mass is 178 g/mol. The number of hydrogen-bond donors (Lipinski definition) is 2. The highest BCUT2D eigenvalue weighted by Gasteiger charge is 2.09. The number of hydrazine groups is 1. The van der Waals surface area contributed by atoms with Crippen molar-refractivity contribution < 1.29 is 0 Å². The Hall–Kier alpha value is -0.860. The SMILES string of the molecule is Cc1cc(C)c(C(C)NN)c(C)c1. The molecule has 0 spiro atoms. The third kappa shape index (κ3) is 2.08. The Balaban J connectivity index is 3.20. The van der Waals surface area contributed by atoms with Gasteiger partial charge in [-0.1, -0.05) is 17.7 Å². The number of nitrogens with one attached hydrogen (secondary N) is 1. The highest BCUT2D eigenvalue weighted by Crippen LogP contribution is 2.22. The molecule has 0 saturated carbocycles. The number of nitrogens with two attached hydrogens (primary N) is 1. The van der Waals surface area contributed by atoms with Crippen LogP contribution in [0.1, 0.15) is 35.2 Å². The van der Waals surface area contributed by atoms with Crippen molar-refractivity contribution >= 4 is 0 Å². The summed E-state index contributed by atoms with van der Waals surface area (Å²) in [5, 5.41) is 0. The average Bonchev–Trinajstić information content (AvgIpc) is 2.02. The normalized spacial score (nSPS) is 13.0. The van der Waals surface area contributed by atoms with Crippen molar-refractivity contribution in [1.82, 2.24) is 5.43 Å². The van der Waals surface area contributed by atoms with Crippen LogP contribution >= 0.6 is 0 Å². The number of benzene rings is 1. The van der Waals surface area contributed by atoms with E-state index >= 15 is 0 Å². The lowest BCUT2D eigenvalue weighted by Crippen LogP contribution is -2.26. The summed E-state index contributed by atoms with van der Waals surface area (Å²) in [5.41, 5.74) is 8.02. The van der Waals surface area contributed by atoms with Crippen LogP contribution in [0.3, 0.4) is 0 Å². The Labute approximate surface area is 80.1 Å². The zero-order valence-corrected chi connectivity index (χ0v) is 8.81. The highest BCUT2D eigenvalue weighted by molar-refractivity contribution is 5.39. The van der Waals surface area contributed by atoms with Gasteiger partial charge in [0.25, 0.3) is 0 Å². The van der Waals surface area contributed by atoms with E-state index in [1.165, 1.54) is 22.3 Å². The molecule has 0 saturated heterocycles. The fourth-order valence-electron chi connectivity index (χ4n) is 1.96. The zero-order chi connectivity index (χ0) is 10.0. The van der Waals surface area contributed by atoms with Crippen LogP contribution in [0.5, 0.6) is 0 Å². The maximum atomic E-state index is 5.43. The van der Waals surface area contributed by atoms with Crippen molar-refractivity contribution in [2.45, 2.75) is 33.7 Å². The molecule has 0 aliphatic rings. The summed E-state index contributed by atoms with van der Waals surface area (Å²) in [6, 6.07) is 4.60. The molecule has 0 aromatic heterocycles. The van der Waals surface area contributed by atoms with Crippen LogP contribution in [0.25, 0.3) is 0 Å². The summed E-state index contributed by atoms with van der Waals surface area (Å²) in [4.78, 5) is 0. The maximum Gasteiger partial charge on any atom is 0.0437 e. The van der Waals surface area contributed by atoms with Gasteiger partial charge in [-0.25, -0.2) is 0 Å². The maximum absolute atomic E-state index is 5.43. The molecule has 0 radical (unpaired) electrons. The third-order valence-electron chi connectivity index (χ3n) is 2.42. The number of rotatable bonds is 2. The van der Waals surface area contributed by atoms with Crippen molar-refractivity contribution in [1.29, 1.82) is 0 Å². The summed E-state index contributed by atoms with van der Waals surface area (Å²) in [6.07, 6.45) is 0. The quantitative estimate of drug-likeness (QED) is 0.538. The Kier molecular flexibility index (Phi) is 3.07. The highest BCUT2D eigenvalue weighted by atomic mass is 15.2. The van der Waals surface area contributed by atoms with Gasteiger partial charge >= 0.3 is 0 Å². The molecule has 1 rings (SSSR count). The molecule has 13 heavy (non-hydrogen) atoms. The Morgan fingerprint density at radius 1 is 1.15 bits per heavy atom. The van der Waals surface area contributed by atoms with Gasteiger partial charge in [-0.2, -0.15) is 0 Å². The van der Waals surface area contributed by atoms with E-state index in [0.717, 1.165) is 0 Å². The Morgan fingerprint density at radius 3 is 2.00 bits per heavy atom. The summed E-state index contributed by atoms with van der Waals surface area (Å²) >= 11 is 0. The second kappa shape index (κ2) is 3.90. The predicted octanol–water partition coefficient (Wildman–Crippen LogP) is 2.14. The molecule has 0 aliphatic carbocycles. The van der Waals surface area contributed by atoms with E-state index in [-0.39, 0.29) is 6.04 Å². The van der Waals surface area contributed by atoms with Gasteiger partial charge in [0.05, 0.1) is 0 Å². The predicted molar refractivity (Wildman–Crippen MR) is 56.4 cm³/mol. The number of aryl methyl sites for hydroxylation is 3. The van der Waals surface area contributed by atoms with Crippen molar-refractivity contribution in [2.75, 3.05) is 0 Å². The molecule has 1 aromatic rings. The minimum atomic E-state index is 0.223. The van der Waals surface area contributed by atoms with E-state index in [1.54, 1.807) is 0 Å². The van der Waals surface area contributed by atoms with E-state index in [1.807, 2.05) is 0 Å². The fraction of sp³-hybridized carbons (Fsp3) is 0.455. The molecule has 0 fully saturated rings. The van der Waals surface area contributed by atoms with Gasteiger partial charge in [0.15, 0.2) is 0 Å². The van der Waals surface area contributed by atoms with Crippen molar-refractivity contribution in [3.8, 4) is 0 Å². The topological polar surface area (TPSA) is 38.0 Å². The van der Waals surface area contributed by atoms with E-state index < -0.39 is 0 Å². The molecular formula is C11H18N2. The molecule has 0 aliphatic heterocycles. The van der Waals surface area contributed by atoms with Gasteiger partial charge in [-0.3, -0.25) is 11.3 Å². The van der Waals surface area contributed by atoms with Crippen LogP contribution in [0.4, 0.5) is 0 Å². The lowest BCUT2D eigenvalue weighted by atomic mass is 9.95. The molecule has 0 amide bonds. The standard InChI is InChI=1S/C11H18N2/c1-7-5-8(2)11(9(3)6-7)10(4)13-12/h5-6,10,13H,12H2,1-4H3. The molecule has 0 bridgehead atoms. The fourth-order valence-corrected chi connectivity index (χ4v) is 1.96. The Morgan fingerprint density at radius 2 is 1.62 bits per heavy atom. The van der Waals surface area contributed by atoms with Crippen LogP contribution in [0.15, 0.2) is 12.1 Å². The van der Waals surface area contributed by atoms with Gasteiger partial charge in [0, 0.05) is 6.04 Å². The summed E-state index contributed by atoms with van der Waals surface area (Å²) in [7, 11) is 0. The lowest BCUT2D eigenvalue weighted by molar-refractivity contribution is 0.596. The number of hydrogen-bond acceptors (Lipinski definition) is 2. The summed E-state index contributed by atoms with van der Waals surface area (Å²) < 4.78 is 0. The summed E-state index contributed by atoms with van der Waals surface area (Å²) in [6.45, 7) is 8.45. The molecule has 72 valence electrons. The molecular weight excluding hydrogens is 160 g/mol. The van der Waals surface area contributed by atoms with Gasteiger partial charge < -0.3 is 0 Å².